The zero-order valence-electron chi connectivity index (χ0n) is 8.56. The molecule has 4 nitrogen and oxygen atoms in total. The van der Waals surface area contributed by atoms with Gasteiger partial charge in [0.15, 0.2) is 9.84 Å². The van der Waals surface area contributed by atoms with Gasteiger partial charge >= 0.3 is 0 Å². The average Bonchev–Trinajstić information content (AvgIpc) is 2.27. The fourth-order valence-electron chi connectivity index (χ4n) is 1.21. The highest BCUT2D eigenvalue weighted by Crippen LogP contribution is 2.17. The van der Waals surface area contributed by atoms with Gasteiger partial charge < -0.3 is 4.74 Å². The SMILES string of the molecule is CCS(=O)(=O)C(C#N)=CC1=COCCC1. The van der Waals surface area contributed by atoms with Gasteiger partial charge in [-0.05, 0) is 24.5 Å². The molecule has 0 amide bonds. The lowest BCUT2D eigenvalue weighted by atomic mass is 10.1. The van der Waals surface area contributed by atoms with Gasteiger partial charge in [0.25, 0.3) is 0 Å². The summed E-state index contributed by atoms with van der Waals surface area (Å²) in [5.74, 6) is -0.0550. The van der Waals surface area contributed by atoms with Crippen molar-refractivity contribution in [2.45, 2.75) is 19.8 Å². The van der Waals surface area contributed by atoms with E-state index in [4.69, 9.17) is 10.00 Å². The third-order valence-corrected chi connectivity index (χ3v) is 3.74. The molecule has 0 aromatic carbocycles. The van der Waals surface area contributed by atoms with Gasteiger partial charge in [0, 0.05) is 0 Å². The minimum atomic E-state index is -3.41. The third-order valence-electron chi connectivity index (χ3n) is 2.10. The number of sulfone groups is 1. The Morgan fingerprint density at radius 3 is 2.93 bits per heavy atom. The van der Waals surface area contributed by atoms with Gasteiger partial charge in [0.05, 0.1) is 18.6 Å². The Morgan fingerprint density at radius 2 is 2.47 bits per heavy atom. The van der Waals surface area contributed by atoms with E-state index in [1.165, 1.54) is 19.3 Å². The van der Waals surface area contributed by atoms with Crippen LogP contribution in [0.2, 0.25) is 0 Å². The van der Waals surface area contributed by atoms with E-state index in [9.17, 15) is 8.42 Å². The summed E-state index contributed by atoms with van der Waals surface area (Å²) in [6.45, 7) is 2.17. The van der Waals surface area contributed by atoms with Crippen molar-refractivity contribution in [1.82, 2.24) is 0 Å². The molecule has 1 aliphatic rings. The largest absolute Gasteiger partial charge is 0.501 e. The first kappa shape index (κ1) is 11.8. The Hall–Kier alpha value is -1.28. The van der Waals surface area contributed by atoms with Crippen LogP contribution in [0.15, 0.2) is 22.8 Å². The first-order chi connectivity index (χ1) is 7.10. The molecule has 0 unspecified atom stereocenters. The molecule has 0 spiro atoms. The van der Waals surface area contributed by atoms with Crippen molar-refractivity contribution >= 4 is 9.84 Å². The smallest absolute Gasteiger partial charge is 0.188 e. The van der Waals surface area contributed by atoms with Crippen molar-refractivity contribution in [3.63, 3.8) is 0 Å². The highest BCUT2D eigenvalue weighted by molar-refractivity contribution is 7.95. The van der Waals surface area contributed by atoms with Crippen molar-refractivity contribution in [2.24, 2.45) is 0 Å². The molecule has 5 heteroatoms. The molecule has 0 atom stereocenters. The summed E-state index contributed by atoms with van der Waals surface area (Å²) in [5, 5.41) is 8.76. The summed E-state index contributed by atoms with van der Waals surface area (Å²) < 4.78 is 28.0. The predicted octanol–water partition coefficient (Wildman–Crippen LogP) is 1.52. The number of nitrogens with zero attached hydrogens (tertiary/aromatic N) is 1. The molecule has 15 heavy (non-hydrogen) atoms. The minimum Gasteiger partial charge on any atom is -0.501 e. The first-order valence-electron chi connectivity index (χ1n) is 4.75. The molecule has 0 aromatic rings. The third kappa shape index (κ3) is 3.10. The Balaban J connectivity index is 2.98. The van der Waals surface area contributed by atoms with Crippen LogP contribution in [-0.2, 0) is 14.6 Å². The summed E-state index contributed by atoms with van der Waals surface area (Å²) in [7, 11) is -3.41. The molecule has 0 N–H and O–H groups in total. The van der Waals surface area contributed by atoms with Crippen LogP contribution < -0.4 is 0 Å². The van der Waals surface area contributed by atoms with Crippen molar-refractivity contribution in [3.05, 3.63) is 22.8 Å². The molecule has 1 aliphatic heterocycles. The summed E-state index contributed by atoms with van der Waals surface area (Å²) >= 11 is 0. The number of nitriles is 1. The maximum absolute atomic E-state index is 11.4. The van der Waals surface area contributed by atoms with Crippen molar-refractivity contribution in [2.75, 3.05) is 12.4 Å². The highest BCUT2D eigenvalue weighted by atomic mass is 32.2. The Bertz CT molecular complexity index is 426. The van der Waals surface area contributed by atoms with E-state index in [1.54, 1.807) is 6.07 Å². The fraction of sp³-hybridized carbons (Fsp3) is 0.500. The quantitative estimate of drug-likeness (QED) is 0.685. The van der Waals surface area contributed by atoms with E-state index in [2.05, 4.69) is 0 Å². The lowest BCUT2D eigenvalue weighted by Gasteiger charge is -2.10. The summed E-state index contributed by atoms with van der Waals surface area (Å²) in [4.78, 5) is -0.179. The maximum Gasteiger partial charge on any atom is 0.188 e. The van der Waals surface area contributed by atoms with Gasteiger partial charge in [-0.3, -0.25) is 0 Å². The van der Waals surface area contributed by atoms with Gasteiger partial charge in [-0.1, -0.05) is 6.92 Å². The molecule has 1 heterocycles. The summed E-state index contributed by atoms with van der Waals surface area (Å²) in [6.07, 6.45) is 4.53. The van der Waals surface area contributed by atoms with Crippen LogP contribution in [0.3, 0.4) is 0 Å². The predicted molar refractivity (Wildman–Crippen MR) is 56.4 cm³/mol. The van der Waals surface area contributed by atoms with Crippen LogP contribution in [0.4, 0.5) is 0 Å². The molecule has 0 aromatic heterocycles. The van der Waals surface area contributed by atoms with Gasteiger partial charge in [0.2, 0.25) is 0 Å². The second-order valence-electron chi connectivity index (χ2n) is 3.19. The maximum atomic E-state index is 11.4. The molecule has 0 radical (unpaired) electrons. The Kier molecular flexibility index (Phi) is 3.92. The topological polar surface area (TPSA) is 67.2 Å². The lowest BCUT2D eigenvalue weighted by molar-refractivity contribution is 0.227. The summed E-state index contributed by atoms with van der Waals surface area (Å²) in [6, 6.07) is 1.72. The molecule has 82 valence electrons. The number of ether oxygens (including phenoxy) is 1. The van der Waals surface area contributed by atoms with E-state index in [-0.39, 0.29) is 10.7 Å². The molecule has 0 saturated heterocycles. The Labute approximate surface area is 89.8 Å². The number of hydrogen-bond donors (Lipinski definition) is 0. The van der Waals surface area contributed by atoms with Crippen LogP contribution in [-0.4, -0.2) is 20.8 Å². The van der Waals surface area contributed by atoms with Gasteiger partial charge in [0.1, 0.15) is 11.0 Å². The van der Waals surface area contributed by atoms with E-state index < -0.39 is 9.84 Å². The monoisotopic (exact) mass is 227 g/mol. The molecule has 1 rings (SSSR count). The average molecular weight is 227 g/mol. The van der Waals surface area contributed by atoms with Crippen molar-refractivity contribution < 1.29 is 13.2 Å². The Morgan fingerprint density at radius 1 is 1.73 bits per heavy atom. The number of rotatable bonds is 3. The van der Waals surface area contributed by atoms with Crippen molar-refractivity contribution in [1.29, 1.82) is 5.26 Å². The summed E-state index contributed by atoms with van der Waals surface area (Å²) in [5.41, 5.74) is 0.759. The first-order valence-corrected chi connectivity index (χ1v) is 6.40. The number of allylic oxidation sites excluding steroid dienone is 3. The minimum absolute atomic E-state index is 0.0550. The van der Waals surface area contributed by atoms with E-state index in [1.807, 2.05) is 0 Å². The van der Waals surface area contributed by atoms with Gasteiger partial charge in [-0.25, -0.2) is 8.42 Å². The van der Waals surface area contributed by atoms with Crippen LogP contribution in [0, 0.1) is 11.3 Å². The molecular formula is C10H13NO3S. The van der Waals surface area contributed by atoms with Crippen LogP contribution in [0.25, 0.3) is 0 Å². The molecular weight excluding hydrogens is 214 g/mol. The normalized spacial score (nSPS) is 17.6. The second-order valence-corrected chi connectivity index (χ2v) is 5.44. The van der Waals surface area contributed by atoms with E-state index in [0.29, 0.717) is 6.61 Å². The molecule has 0 aliphatic carbocycles. The standard InChI is InChI=1S/C10H13NO3S/c1-2-15(12,13)10(7-11)6-9-4-3-5-14-8-9/h6,8H,2-5H2,1H3. The molecule has 0 bridgehead atoms. The molecule has 0 fully saturated rings. The van der Waals surface area contributed by atoms with Gasteiger partial charge in [-0.15, -0.1) is 0 Å². The van der Waals surface area contributed by atoms with E-state index in [0.717, 1.165) is 18.4 Å². The van der Waals surface area contributed by atoms with Crippen LogP contribution >= 0.6 is 0 Å². The highest BCUT2D eigenvalue weighted by Gasteiger charge is 2.16. The zero-order valence-corrected chi connectivity index (χ0v) is 9.38. The van der Waals surface area contributed by atoms with E-state index >= 15 is 0 Å². The second kappa shape index (κ2) is 4.99. The fourth-order valence-corrected chi connectivity index (χ4v) is 1.99. The van der Waals surface area contributed by atoms with Crippen molar-refractivity contribution in [3.8, 4) is 6.07 Å². The van der Waals surface area contributed by atoms with Crippen LogP contribution in [0.1, 0.15) is 19.8 Å². The lowest BCUT2D eigenvalue weighted by Crippen LogP contribution is -2.06. The molecule has 0 saturated carbocycles. The number of hydrogen-bond acceptors (Lipinski definition) is 4. The van der Waals surface area contributed by atoms with Crippen LogP contribution in [0.5, 0.6) is 0 Å². The van der Waals surface area contributed by atoms with Gasteiger partial charge in [-0.2, -0.15) is 5.26 Å². The zero-order chi connectivity index (χ0) is 11.3.